The fourth-order valence-electron chi connectivity index (χ4n) is 1.15. The molecule has 0 saturated carbocycles. The van der Waals surface area contributed by atoms with Gasteiger partial charge in [-0.05, 0) is 12.1 Å². The minimum Gasteiger partial charge on any atom is -0.410 e. The van der Waals surface area contributed by atoms with Crippen molar-refractivity contribution in [3.63, 3.8) is 0 Å². The van der Waals surface area contributed by atoms with Gasteiger partial charge in [0.1, 0.15) is 17.1 Å². The lowest BCUT2D eigenvalue weighted by Gasteiger charge is -1.94. The molecule has 6 heteroatoms. The Morgan fingerprint density at radius 3 is 2.44 bits per heavy atom. The first kappa shape index (κ1) is 10.7. The van der Waals surface area contributed by atoms with E-state index < -0.39 is 10.8 Å². The average molecular weight is 236 g/mol. The van der Waals surface area contributed by atoms with Crippen molar-refractivity contribution in [1.82, 2.24) is 10.2 Å². The zero-order valence-corrected chi connectivity index (χ0v) is 9.23. The van der Waals surface area contributed by atoms with Crippen LogP contribution < -0.4 is 0 Å². The van der Waals surface area contributed by atoms with E-state index in [-0.39, 0.29) is 5.22 Å². The summed E-state index contributed by atoms with van der Waals surface area (Å²) in [4.78, 5) is 10.5. The monoisotopic (exact) mass is 236 g/mol. The van der Waals surface area contributed by atoms with Crippen molar-refractivity contribution in [2.45, 2.75) is 5.22 Å². The summed E-state index contributed by atoms with van der Waals surface area (Å²) in [5, 5.41) is 7.51. The fourth-order valence-corrected chi connectivity index (χ4v) is 1.50. The highest BCUT2D eigenvalue weighted by Crippen LogP contribution is 2.18. The fraction of sp³-hybridized carbons (Fsp3) is 0.100. The minimum absolute atomic E-state index is 0.0921. The van der Waals surface area contributed by atoms with Gasteiger partial charge in [0.15, 0.2) is 0 Å². The maximum Gasteiger partial charge on any atom is 0.307 e. The molecule has 1 heterocycles. The summed E-state index contributed by atoms with van der Waals surface area (Å²) in [6, 6.07) is 6.68. The molecule has 0 bridgehead atoms. The molecule has 0 aliphatic carbocycles. The third kappa shape index (κ3) is 2.06. The number of benzene rings is 1. The molecule has 1 unspecified atom stereocenters. The molecule has 0 aliphatic heterocycles. The van der Waals surface area contributed by atoms with Gasteiger partial charge in [0.05, 0.1) is 0 Å². The van der Waals surface area contributed by atoms with Crippen LogP contribution in [0.15, 0.2) is 33.9 Å². The van der Waals surface area contributed by atoms with Crippen molar-refractivity contribution in [3.8, 4) is 11.5 Å². The molecular formula is C10H8N2O3S. The summed E-state index contributed by atoms with van der Waals surface area (Å²) < 4.78 is 16.3. The molecule has 82 valence electrons. The first-order valence-corrected chi connectivity index (χ1v) is 5.99. The normalized spacial score (nSPS) is 12.3. The predicted octanol–water partition coefficient (Wildman–Crippen LogP) is 1.29. The molecule has 1 aromatic heterocycles. The molecular weight excluding hydrogens is 228 g/mol. The van der Waals surface area contributed by atoms with Crippen molar-refractivity contribution < 1.29 is 13.4 Å². The number of rotatable bonds is 3. The van der Waals surface area contributed by atoms with Crippen molar-refractivity contribution in [3.05, 3.63) is 29.8 Å². The van der Waals surface area contributed by atoms with Crippen LogP contribution in [0, 0.1) is 0 Å². The maximum absolute atomic E-state index is 11.1. The number of hydrogen-bond donors (Lipinski definition) is 0. The number of carbonyl (C=O) groups is 1. The van der Waals surface area contributed by atoms with E-state index in [2.05, 4.69) is 10.2 Å². The average Bonchev–Trinajstić information content (AvgIpc) is 2.78. The molecule has 0 saturated heterocycles. The number of aromatic nitrogens is 2. The highest BCUT2D eigenvalue weighted by Gasteiger charge is 2.10. The van der Waals surface area contributed by atoms with Crippen LogP contribution in [-0.4, -0.2) is 26.9 Å². The second-order valence-corrected chi connectivity index (χ2v) is 4.32. The molecule has 2 aromatic rings. The minimum atomic E-state index is -1.28. The smallest absolute Gasteiger partial charge is 0.307 e. The van der Waals surface area contributed by atoms with E-state index in [9.17, 15) is 9.00 Å². The van der Waals surface area contributed by atoms with Gasteiger partial charge in [0.25, 0.3) is 0 Å². The van der Waals surface area contributed by atoms with Crippen LogP contribution >= 0.6 is 0 Å². The number of carbonyl (C=O) groups excluding carboxylic acids is 1. The Balaban J connectivity index is 2.35. The molecule has 16 heavy (non-hydrogen) atoms. The summed E-state index contributed by atoms with van der Waals surface area (Å²) in [6.07, 6.45) is 2.22. The lowest BCUT2D eigenvalue weighted by Crippen LogP contribution is -1.85. The van der Waals surface area contributed by atoms with E-state index in [1.807, 2.05) is 0 Å². The Hall–Kier alpha value is -1.82. The van der Waals surface area contributed by atoms with Crippen LogP contribution in [0.1, 0.15) is 10.4 Å². The van der Waals surface area contributed by atoms with Gasteiger partial charge in [0, 0.05) is 17.4 Å². The standard InChI is InChI=1S/C10H8N2O3S/c1-16(14)10-12-11-9(15-10)8-4-2-7(6-13)3-5-8/h2-6H,1H3. The van der Waals surface area contributed by atoms with Gasteiger partial charge in [-0.15, -0.1) is 5.10 Å². The van der Waals surface area contributed by atoms with Gasteiger partial charge in [-0.25, -0.2) is 4.21 Å². The van der Waals surface area contributed by atoms with E-state index in [1.165, 1.54) is 6.26 Å². The lowest BCUT2D eigenvalue weighted by atomic mass is 10.1. The van der Waals surface area contributed by atoms with Gasteiger partial charge in [-0.1, -0.05) is 17.2 Å². The van der Waals surface area contributed by atoms with Crippen molar-refractivity contribution in [2.75, 3.05) is 6.26 Å². The van der Waals surface area contributed by atoms with Gasteiger partial charge in [-0.3, -0.25) is 4.79 Å². The van der Waals surface area contributed by atoms with Crippen LogP contribution in [0.3, 0.4) is 0 Å². The zero-order valence-electron chi connectivity index (χ0n) is 8.41. The Morgan fingerprint density at radius 2 is 1.94 bits per heavy atom. The molecule has 0 spiro atoms. The molecule has 0 aliphatic rings. The van der Waals surface area contributed by atoms with E-state index in [1.54, 1.807) is 24.3 Å². The lowest BCUT2D eigenvalue weighted by molar-refractivity contribution is 0.112. The number of nitrogens with zero attached hydrogens (tertiary/aromatic N) is 2. The molecule has 2 rings (SSSR count). The SMILES string of the molecule is CS(=O)c1nnc(-c2ccc(C=O)cc2)o1. The molecule has 0 amide bonds. The number of aldehydes is 1. The first-order valence-electron chi connectivity index (χ1n) is 4.43. The second-order valence-electron chi connectivity index (χ2n) is 3.07. The van der Waals surface area contributed by atoms with Gasteiger partial charge < -0.3 is 4.42 Å². The van der Waals surface area contributed by atoms with Crippen LogP contribution in [-0.2, 0) is 10.8 Å². The van der Waals surface area contributed by atoms with E-state index in [0.29, 0.717) is 17.0 Å². The predicted molar refractivity (Wildman–Crippen MR) is 57.5 cm³/mol. The summed E-state index contributed by atoms with van der Waals surface area (Å²) >= 11 is 0. The Kier molecular flexibility index (Phi) is 2.91. The topological polar surface area (TPSA) is 73.1 Å². The largest absolute Gasteiger partial charge is 0.410 e. The highest BCUT2D eigenvalue weighted by molar-refractivity contribution is 7.84. The van der Waals surface area contributed by atoms with Crippen LogP contribution in [0.4, 0.5) is 0 Å². The highest BCUT2D eigenvalue weighted by atomic mass is 32.2. The quantitative estimate of drug-likeness (QED) is 0.751. The van der Waals surface area contributed by atoms with Gasteiger partial charge >= 0.3 is 5.22 Å². The van der Waals surface area contributed by atoms with Crippen LogP contribution in [0.5, 0.6) is 0 Å². The second kappa shape index (κ2) is 4.36. The summed E-state index contributed by atoms with van der Waals surface area (Å²) in [5.41, 5.74) is 1.26. The Bertz CT molecular complexity index is 533. The van der Waals surface area contributed by atoms with Crippen LogP contribution in [0.2, 0.25) is 0 Å². The van der Waals surface area contributed by atoms with Crippen LogP contribution in [0.25, 0.3) is 11.5 Å². The Labute approximate surface area is 94.0 Å². The molecule has 0 radical (unpaired) electrons. The number of hydrogen-bond acceptors (Lipinski definition) is 5. The zero-order chi connectivity index (χ0) is 11.5. The first-order chi connectivity index (χ1) is 7.70. The summed E-state index contributed by atoms with van der Waals surface area (Å²) in [5.74, 6) is 0.294. The van der Waals surface area contributed by atoms with E-state index >= 15 is 0 Å². The summed E-state index contributed by atoms with van der Waals surface area (Å²) in [6.45, 7) is 0. The molecule has 0 N–H and O–H groups in total. The Morgan fingerprint density at radius 1 is 1.25 bits per heavy atom. The third-order valence-electron chi connectivity index (χ3n) is 1.95. The summed E-state index contributed by atoms with van der Waals surface area (Å²) in [7, 11) is -1.28. The van der Waals surface area contributed by atoms with Crippen molar-refractivity contribution >= 4 is 17.1 Å². The molecule has 5 nitrogen and oxygen atoms in total. The third-order valence-corrected chi connectivity index (χ3v) is 2.60. The van der Waals surface area contributed by atoms with Crippen molar-refractivity contribution in [2.24, 2.45) is 0 Å². The maximum atomic E-state index is 11.1. The van der Waals surface area contributed by atoms with E-state index in [4.69, 9.17) is 4.42 Å². The van der Waals surface area contributed by atoms with Gasteiger partial charge in [-0.2, -0.15) is 0 Å². The molecule has 1 aromatic carbocycles. The van der Waals surface area contributed by atoms with Crippen molar-refractivity contribution in [1.29, 1.82) is 0 Å². The molecule has 0 fully saturated rings. The van der Waals surface area contributed by atoms with Gasteiger partial charge in [0.2, 0.25) is 5.89 Å². The molecule has 1 atom stereocenters. The van der Waals surface area contributed by atoms with E-state index in [0.717, 1.165) is 6.29 Å².